The minimum absolute atomic E-state index is 0.194. The fourth-order valence-corrected chi connectivity index (χ4v) is 2.67. The number of benzene rings is 2. The zero-order valence-electron chi connectivity index (χ0n) is 13.0. The summed E-state index contributed by atoms with van der Waals surface area (Å²) >= 11 is 6.04. The van der Waals surface area contributed by atoms with Crippen molar-refractivity contribution >= 4 is 11.6 Å². The first-order valence-electron chi connectivity index (χ1n) is 7.12. The maximum Gasteiger partial charge on any atom is 0.125 e. The van der Waals surface area contributed by atoms with Gasteiger partial charge in [-0.25, -0.2) is 0 Å². The number of methoxy groups -OCH3 is 1. The standard InChI is InChI=1S/C18H22ClNO/c1-12-5-6-14(9-13(12)2)10-17(20-3)16-8-7-15(19)11-18(16)21-4/h5-9,11,17,20H,10H2,1-4H3. The summed E-state index contributed by atoms with van der Waals surface area (Å²) < 4.78 is 5.47. The van der Waals surface area contributed by atoms with Gasteiger partial charge in [-0.15, -0.1) is 0 Å². The van der Waals surface area contributed by atoms with Gasteiger partial charge in [-0.05, 0) is 56.1 Å². The number of likely N-dealkylation sites (N-methyl/N-ethyl adjacent to an activating group) is 1. The quantitative estimate of drug-likeness (QED) is 0.880. The summed E-state index contributed by atoms with van der Waals surface area (Å²) in [6, 6.07) is 12.6. The minimum atomic E-state index is 0.194. The highest BCUT2D eigenvalue weighted by atomic mass is 35.5. The van der Waals surface area contributed by atoms with E-state index in [0.29, 0.717) is 5.02 Å². The third kappa shape index (κ3) is 3.78. The second-order valence-corrected chi connectivity index (χ2v) is 5.79. The van der Waals surface area contributed by atoms with Crippen molar-refractivity contribution in [2.24, 2.45) is 0 Å². The second kappa shape index (κ2) is 6.97. The van der Waals surface area contributed by atoms with Crippen LogP contribution in [0.25, 0.3) is 0 Å². The second-order valence-electron chi connectivity index (χ2n) is 5.35. The molecule has 0 aliphatic rings. The van der Waals surface area contributed by atoms with Crippen molar-refractivity contribution in [1.82, 2.24) is 5.32 Å². The molecule has 0 spiro atoms. The van der Waals surface area contributed by atoms with Crippen LogP contribution in [-0.4, -0.2) is 14.2 Å². The molecule has 112 valence electrons. The van der Waals surface area contributed by atoms with Crippen LogP contribution < -0.4 is 10.1 Å². The molecule has 0 radical (unpaired) electrons. The van der Waals surface area contributed by atoms with Crippen LogP contribution in [0.3, 0.4) is 0 Å². The van der Waals surface area contributed by atoms with E-state index in [1.54, 1.807) is 7.11 Å². The van der Waals surface area contributed by atoms with E-state index in [4.69, 9.17) is 16.3 Å². The number of nitrogens with one attached hydrogen (secondary N) is 1. The lowest BCUT2D eigenvalue weighted by Crippen LogP contribution is -2.19. The minimum Gasteiger partial charge on any atom is -0.496 e. The van der Waals surface area contributed by atoms with Crippen LogP contribution in [-0.2, 0) is 6.42 Å². The van der Waals surface area contributed by atoms with Crippen molar-refractivity contribution in [3.8, 4) is 5.75 Å². The van der Waals surface area contributed by atoms with Gasteiger partial charge >= 0.3 is 0 Å². The Morgan fingerprint density at radius 2 is 1.86 bits per heavy atom. The van der Waals surface area contributed by atoms with Crippen LogP contribution in [0.2, 0.25) is 5.02 Å². The molecule has 0 saturated carbocycles. The zero-order valence-corrected chi connectivity index (χ0v) is 13.8. The average Bonchev–Trinajstić information content (AvgIpc) is 2.48. The van der Waals surface area contributed by atoms with Crippen molar-refractivity contribution in [2.45, 2.75) is 26.3 Å². The van der Waals surface area contributed by atoms with E-state index < -0.39 is 0 Å². The highest BCUT2D eigenvalue weighted by Crippen LogP contribution is 2.30. The molecule has 2 nitrogen and oxygen atoms in total. The molecule has 1 atom stereocenters. The van der Waals surface area contributed by atoms with E-state index in [2.05, 4.69) is 37.4 Å². The van der Waals surface area contributed by atoms with E-state index in [-0.39, 0.29) is 6.04 Å². The van der Waals surface area contributed by atoms with Gasteiger partial charge in [0.2, 0.25) is 0 Å². The maximum absolute atomic E-state index is 6.04. The van der Waals surface area contributed by atoms with Crippen molar-refractivity contribution in [3.63, 3.8) is 0 Å². The van der Waals surface area contributed by atoms with E-state index >= 15 is 0 Å². The van der Waals surface area contributed by atoms with E-state index in [9.17, 15) is 0 Å². The molecule has 0 aliphatic carbocycles. The highest BCUT2D eigenvalue weighted by molar-refractivity contribution is 6.30. The summed E-state index contributed by atoms with van der Waals surface area (Å²) in [5.74, 6) is 0.825. The molecular formula is C18H22ClNO. The Labute approximate surface area is 132 Å². The van der Waals surface area contributed by atoms with Crippen LogP contribution in [0.15, 0.2) is 36.4 Å². The van der Waals surface area contributed by atoms with E-state index in [0.717, 1.165) is 17.7 Å². The molecule has 0 fully saturated rings. The Balaban J connectivity index is 2.29. The molecule has 0 aromatic heterocycles. The first-order valence-corrected chi connectivity index (χ1v) is 7.49. The van der Waals surface area contributed by atoms with Gasteiger partial charge in [-0.1, -0.05) is 35.9 Å². The molecule has 1 N–H and O–H groups in total. The molecule has 2 aromatic carbocycles. The molecule has 1 unspecified atom stereocenters. The number of rotatable bonds is 5. The van der Waals surface area contributed by atoms with Gasteiger partial charge in [-0.2, -0.15) is 0 Å². The van der Waals surface area contributed by atoms with Gasteiger partial charge in [-0.3, -0.25) is 0 Å². The third-order valence-electron chi connectivity index (χ3n) is 3.93. The van der Waals surface area contributed by atoms with Crippen molar-refractivity contribution in [3.05, 3.63) is 63.7 Å². The van der Waals surface area contributed by atoms with Gasteiger partial charge < -0.3 is 10.1 Å². The smallest absolute Gasteiger partial charge is 0.125 e. The predicted molar refractivity (Wildman–Crippen MR) is 89.4 cm³/mol. The third-order valence-corrected chi connectivity index (χ3v) is 4.17. The van der Waals surface area contributed by atoms with Gasteiger partial charge in [0.25, 0.3) is 0 Å². The van der Waals surface area contributed by atoms with Crippen LogP contribution in [0.4, 0.5) is 0 Å². The van der Waals surface area contributed by atoms with Crippen molar-refractivity contribution in [1.29, 1.82) is 0 Å². The summed E-state index contributed by atoms with van der Waals surface area (Å²) in [4.78, 5) is 0. The SMILES string of the molecule is CNC(Cc1ccc(C)c(C)c1)c1ccc(Cl)cc1OC. The normalized spacial score (nSPS) is 12.2. The average molecular weight is 304 g/mol. The summed E-state index contributed by atoms with van der Waals surface area (Å²) in [5, 5.41) is 4.06. The molecule has 3 heteroatoms. The summed E-state index contributed by atoms with van der Waals surface area (Å²) in [5.41, 5.74) is 5.09. The van der Waals surface area contributed by atoms with Crippen LogP contribution >= 0.6 is 11.6 Å². The molecular weight excluding hydrogens is 282 g/mol. The number of hydrogen-bond donors (Lipinski definition) is 1. The molecule has 0 bridgehead atoms. The molecule has 0 heterocycles. The largest absolute Gasteiger partial charge is 0.496 e. The van der Waals surface area contributed by atoms with Gasteiger partial charge in [0.1, 0.15) is 5.75 Å². The molecule has 0 saturated heterocycles. The molecule has 21 heavy (non-hydrogen) atoms. The zero-order chi connectivity index (χ0) is 15.4. The van der Waals surface area contributed by atoms with Crippen LogP contribution in [0, 0.1) is 13.8 Å². The topological polar surface area (TPSA) is 21.3 Å². The summed E-state index contributed by atoms with van der Waals surface area (Å²) in [6.45, 7) is 4.28. The van der Waals surface area contributed by atoms with Gasteiger partial charge in [0.15, 0.2) is 0 Å². The number of halogens is 1. The number of hydrogen-bond acceptors (Lipinski definition) is 2. The molecule has 2 rings (SSSR count). The first-order chi connectivity index (χ1) is 10.0. The van der Waals surface area contributed by atoms with E-state index in [1.807, 2.05) is 25.2 Å². The predicted octanol–water partition coefficient (Wildman–Crippen LogP) is 4.47. The molecule has 0 aliphatic heterocycles. The fourth-order valence-electron chi connectivity index (χ4n) is 2.51. The lowest BCUT2D eigenvalue weighted by atomic mass is 9.96. The number of aryl methyl sites for hydroxylation is 2. The van der Waals surface area contributed by atoms with E-state index in [1.165, 1.54) is 16.7 Å². The van der Waals surface area contributed by atoms with Gasteiger partial charge in [0, 0.05) is 16.6 Å². The van der Waals surface area contributed by atoms with Crippen LogP contribution in [0.5, 0.6) is 5.75 Å². The Morgan fingerprint density at radius 3 is 2.48 bits per heavy atom. The van der Waals surface area contributed by atoms with Gasteiger partial charge in [0.05, 0.1) is 7.11 Å². The monoisotopic (exact) mass is 303 g/mol. The molecule has 2 aromatic rings. The van der Waals surface area contributed by atoms with Crippen molar-refractivity contribution in [2.75, 3.05) is 14.2 Å². The number of ether oxygens (including phenoxy) is 1. The van der Waals surface area contributed by atoms with Crippen molar-refractivity contribution < 1.29 is 4.74 Å². The maximum atomic E-state index is 6.04. The summed E-state index contributed by atoms with van der Waals surface area (Å²) in [6.07, 6.45) is 0.912. The Morgan fingerprint density at radius 1 is 1.10 bits per heavy atom. The Bertz CT molecular complexity index is 625. The highest BCUT2D eigenvalue weighted by Gasteiger charge is 2.15. The Hall–Kier alpha value is -1.51. The first kappa shape index (κ1) is 15.9. The summed E-state index contributed by atoms with van der Waals surface area (Å²) in [7, 11) is 3.65. The van der Waals surface area contributed by atoms with Crippen LogP contribution in [0.1, 0.15) is 28.3 Å². The Kier molecular flexibility index (Phi) is 5.27. The lowest BCUT2D eigenvalue weighted by Gasteiger charge is -2.20. The fraction of sp³-hybridized carbons (Fsp3) is 0.333. The lowest BCUT2D eigenvalue weighted by molar-refractivity contribution is 0.401. The molecule has 0 amide bonds.